The van der Waals surface area contributed by atoms with Crippen LogP contribution in [0.2, 0.25) is 5.02 Å². The molecule has 0 spiro atoms. The number of anilines is 1. The van der Waals surface area contributed by atoms with Gasteiger partial charge < -0.3 is 10.4 Å². The average Bonchev–Trinajstić information content (AvgIpc) is 3.25. The second kappa shape index (κ2) is 10.0. The van der Waals surface area contributed by atoms with E-state index in [-0.39, 0.29) is 27.8 Å². The third kappa shape index (κ3) is 5.28. The lowest BCUT2D eigenvalue weighted by atomic mass is 10.00. The average molecular weight is 566 g/mol. The number of nitrogens with one attached hydrogen (secondary N) is 1. The van der Waals surface area contributed by atoms with E-state index in [9.17, 15) is 23.1 Å². The molecule has 0 atom stereocenters. The highest BCUT2D eigenvalue weighted by molar-refractivity contribution is 6.34. The van der Waals surface area contributed by atoms with Crippen molar-refractivity contribution in [2.45, 2.75) is 32.5 Å². The Kier molecular flexibility index (Phi) is 6.85. The van der Waals surface area contributed by atoms with Gasteiger partial charge >= 0.3 is 6.18 Å². The zero-order valence-corrected chi connectivity index (χ0v) is 22.3. The lowest BCUT2D eigenvalue weighted by Crippen LogP contribution is -2.17. The number of pyridine rings is 1. The topological polar surface area (TPSA) is 92.4 Å². The number of aliphatic hydroxyl groups is 1. The minimum Gasteiger partial charge on any atom is -0.386 e. The number of alkyl halides is 3. The van der Waals surface area contributed by atoms with Crippen molar-refractivity contribution in [1.29, 1.82) is 0 Å². The molecule has 0 saturated heterocycles. The van der Waals surface area contributed by atoms with Crippen LogP contribution in [0.3, 0.4) is 0 Å². The van der Waals surface area contributed by atoms with Gasteiger partial charge in [0.15, 0.2) is 5.82 Å². The molecular formula is C29H23ClF3N5O2. The molecule has 0 radical (unpaired) electrons. The summed E-state index contributed by atoms with van der Waals surface area (Å²) >= 11 is 6.26. The molecule has 3 aromatic heterocycles. The van der Waals surface area contributed by atoms with E-state index in [0.29, 0.717) is 34.2 Å². The number of hydrogen-bond donors (Lipinski definition) is 2. The smallest absolute Gasteiger partial charge is 0.386 e. The van der Waals surface area contributed by atoms with E-state index in [1.54, 1.807) is 49.6 Å². The van der Waals surface area contributed by atoms with Crippen LogP contribution in [0.4, 0.5) is 19.0 Å². The fourth-order valence-corrected chi connectivity index (χ4v) is 4.51. The van der Waals surface area contributed by atoms with Gasteiger partial charge in [-0.1, -0.05) is 41.9 Å². The first-order valence-corrected chi connectivity index (χ1v) is 12.5. The molecule has 0 aliphatic heterocycles. The number of nitrogens with zero attached hydrogens (tertiary/aromatic N) is 4. The molecule has 0 fully saturated rings. The number of amides is 1. The van der Waals surface area contributed by atoms with Crippen molar-refractivity contribution >= 4 is 29.0 Å². The van der Waals surface area contributed by atoms with Gasteiger partial charge in [0.2, 0.25) is 0 Å². The third-order valence-electron chi connectivity index (χ3n) is 6.30. The Hall–Kier alpha value is -4.28. The monoisotopic (exact) mass is 565 g/mol. The van der Waals surface area contributed by atoms with Crippen LogP contribution in [-0.4, -0.2) is 30.4 Å². The summed E-state index contributed by atoms with van der Waals surface area (Å²) in [5.41, 5.74) is -0.130. The largest absolute Gasteiger partial charge is 0.417 e. The van der Waals surface area contributed by atoms with Gasteiger partial charge in [0.1, 0.15) is 17.2 Å². The number of aryl methyl sites for hydroxylation is 1. The minimum atomic E-state index is -4.76. The van der Waals surface area contributed by atoms with Crippen LogP contribution in [0.5, 0.6) is 0 Å². The molecule has 5 rings (SSSR count). The molecule has 204 valence electrons. The van der Waals surface area contributed by atoms with E-state index < -0.39 is 23.2 Å². The van der Waals surface area contributed by atoms with Crippen LogP contribution >= 0.6 is 11.6 Å². The standard InChI is InChI=1S/C29H23ClF3N5O2/c1-16-9-11-34-25(35-16)19-14-20(22(30)15-21(19)29(31,32)33)27(39)37-26-24(17-7-5-4-6-8-17)36-23-13-18(28(2,3)40)10-12-38(23)26/h4-15,40H,1-3H3,(H,37,39). The van der Waals surface area contributed by atoms with Gasteiger partial charge in [0.25, 0.3) is 5.91 Å². The number of benzene rings is 2. The van der Waals surface area contributed by atoms with Crippen LogP contribution < -0.4 is 5.32 Å². The first-order valence-electron chi connectivity index (χ1n) is 12.2. The van der Waals surface area contributed by atoms with E-state index in [2.05, 4.69) is 20.3 Å². The number of aromatic nitrogens is 4. The Morgan fingerprint density at radius 3 is 2.40 bits per heavy atom. The zero-order valence-electron chi connectivity index (χ0n) is 21.6. The van der Waals surface area contributed by atoms with Gasteiger partial charge in [0, 0.05) is 29.2 Å². The normalized spacial score (nSPS) is 12.1. The molecule has 2 N–H and O–H groups in total. The molecule has 0 bridgehead atoms. The van der Waals surface area contributed by atoms with Crippen molar-refractivity contribution in [3.8, 4) is 22.6 Å². The van der Waals surface area contributed by atoms with Crippen molar-refractivity contribution in [2.75, 3.05) is 5.32 Å². The number of carbonyl (C=O) groups excluding carboxylic acids is 1. The predicted molar refractivity (Wildman–Crippen MR) is 146 cm³/mol. The summed E-state index contributed by atoms with van der Waals surface area (Å²) in [6, 6.07) is 15.8. The molecule has 0 aliphatic rings. The first-order chi connectivity index (χ1) is 18.8. The van der Waals surface area contributed by atoms with Crippen LogP contribution in [0.15, 0.2) is 73.1 Å². The second-order valence-corrected chi connectivity index (χ2v) is 10.1. The van der Waals surface area contributed by atoms with Crippen LogP contribution in [0.25, 0.3) is 28.3 Å². The van der Waals surface area contributed by atoms with Crippen molar-refractivity contribution in [3.63, 3.8) is 0 Å². The summed E-state index contributed by atoms with van der Waals surface area (Å²) < 4.78 is 43.4. The quantitative estimate of drug-likeness (QED) is 0.241. The Labute approximate surface area is 232 Å². The molecule has 40 heavy (non-hydrogen) atoms. The summed E-state index contributed by atoms with van der Waals surface area (Å²) in [5, 5.41) is 12.9. The van der Waals surface area contributed by atoms with E-state index in [0.717, 1.165) is 6.07 Å². The molecule has 3 heterocycles. The highest BCUT2D eigenvalue weighted by Crippen LogP contribution is 2.39. The van der Waals surface area contributed by atoms with Crippen LogP contribution in [0, 0.1) is 6.92 Å². The highest BCUT2D eigenvalue weighted by atomic mass is 35.5. The molecule has 7 nitrogen and oxygen atoms in total. The Bertz CT molecular complexity index is 1750. The molecule has 0 saturated carbocycles. The Balaban J connectivity index is 1.65. The number of fused-ring (bicyclic) bond motifs is 1. The lowest BCUT2D eigenvalue weighted by molar-refractivity contribution is -0.137. The molecular weight excluding hydrogens is 543 g/mol. The highest BCUT2D eigenvalue weighted by Gasteiger charge is 2.36. The second-order valence-electron chi connectivity index (χ2n) is 9.73. The van der Waals surface area contributed by atoms with E-state index in [1.807, 2.05) is 30.3 Å². The summed E-state index contributed by atoms with van der Waals surface area (Å²) in [5.74, 6) is -0.659. The summed E-state index contributed by atoms with van der Waals surface area (Å²) in [4.78, 5) is 26.4. The molecule has 2 aromatic carbocycles. The number of imidazole rings is 1. The van der Waals surface area contributed by atoms with Gasteiger partial charge in [-0.2, -0.15) is 13.2 Å². The van der Waals surface area contributed by atoms with E-state index >= 15 is 0 Å². The van der Waals surface area contributed by atoms with Crippen LogP contribution in [-0.2, 0) is 11.8 Å². The first kappa shape index (κ1) is 27.3. The number of rotatable bonds is 5. The Morgan fingerprint density at radius 2 is 1.75 bits per heavy atom. The van der Waals surface area contributed by atoms with E-state index in [1.165, 1.54) is 6.20 Å². The molecule has 0 aliphatic carbocycles. The molecule has 0 unspecified atom stereocenters. The predicted octanol–water partition coefficient (Wildman–Crippen LogP) is 6.92. The maximum atomic E-state index is 13.9. The molecule has 5 aromatic rings. The number of carbonyl (C=O) groups is 1. The van der Waals surface area contributed by atoms with Crippen molar-refractivity contribution in [2.24, 2.45) is 0 Å². The van der Waals surface area contributed by atoms with Gasteiger partial charge in [-0.15, -0.1) is 0 Å². The molecule has 1 amide bonds. The summed E-state index contributed by atoms with van der Waals surface area (Å²) in [7, 11) is 0. The van der Waals surface area contributed by atoms with Gasteiger partial charge in [-0.3, -0.25) is 9.20 Å². The van der Waals surface area contributed by atoms with Crippen molar-refractivity contribution in [1.82, 2.24) is 19.4 Å². The third-order valence-corrected chi connectivity index (χ3v) is 6.62. The SMILES string of the molecule is Cc1ccnc(-c2cc(C(=O)Nc3c(-c4ccccc4)nc4cc(C(C)(C)O)ccn34)c(Cl)cc2C(F)(F)F)n1. The van der Waals surface area contributed by atoms with E-state index in [4.69, 9.17) is 11.6 Å². The van der Waals surface area contributed by atoms with Crippen LogP contribution in [0.1, 0.15) is 41.0 Å². The van der Waals surface area contributed by atoms with Crippen molar-refractivity contribution < 1.29 is 23.1 Å². The molecule has 11 heteroatoms. The fourth-order valence-electron chi connectivity index (χ4n) is 4.26. The Morgan fingerprint density at radius 1 is 1.02 bits per heavy atom. The zero-order chi connectivity index (χ0) is 28.8. The number of halogens is 4. The van der Waals surface area contributed by atoms with Gasteiger partial charge in [0.05, 0.1) is 21.8 Å². The fraction of sp³-hybridized carbons (Fsp3) is 0.172. The summed E-state index contributed by atoms with van der Waals surface area (Å²) in [6.07, 6.45) is -1.77. The maximum absolute atomic E-state index is 13.9. The summed E-state index contributed by atoms with van der Waals surface area (Å²) in [6.45, 7) is 4.91. The lowest BCUT2D eigenvalue weighted by Gasteiger charge is -2.18. The minimum absolute atomic E-state index is 0.183. The maximum Gasteiger partial charge on any atom is 0.417 e. The van der Waals surface area contributed by atoms with Crippen molar-refractivity contribution in [3.05, 3.63) is 100 Å². The van der Waals surface area contributed by atoms with Gasteiger partial charge in [-0.05, 0) is 56.7 Å². The van der Waals surface area contributed by atoms with Gasteiger partial charge in [-0.25, -0.2) is 15.0 Å². The number of hydrogen-bond acceptors (Lipinski definition) is 5.